The normalized spacial score (nSPS) is 24.0. The van der Waals surface area contributed by atoms with E-state index in [-0.39, 0.29) is 5.92 Å². The van der Waals surface area contributed by atoms with Gasteiger partial charge in [-0.1, -0.05) is 18.2 Å². The van der Waals surface area contributed by atoms with Crippen molar-refractivity contribution in [1.29, 1.82) is 0 Å². The summed E-state index contributed by atoms with van der Waals surface area (Å²) in [6, 6.07) is 11.7. The van der Waals surface area contributed by atoms with E-state index >= 15 is 0 Å². The van der Waals surface area contributed by atoms with Crippen molar-refractivity contribution in [2.45, 2.75) is 57.5 Å². The lowest BCUT2D eigenvalue weighted by molar-refractivity contribution is -0.127. The number of para-hydroxylation sites is 1. The second-order valence-corrected chi connectivity index (χ2v) is 9.15. The van der Waals surface area contributed by atoms with Crippen LogP contribution in [0.2, 0.25) is 0 Å². The Labute approximate surface area is 173 Å². The molecule has 1 N–H and O–H groups in total. The highest BCUT2D eigenvalue weighted by atomic mass is 16.2. The van der Waals surface area contributed by atoms with Crippen molar-refractivity contribution in [3.8, 4) is 0 Å². The number of nitrogens with one attached hydrogen (secondary N) is 1. The fraction of sp³-hybridized carbons (Fsp3) is 0.583. The number of amides is 1. The molecule has 1 unspecified atom stereocenters. The van der Waals surface area contributed by atoms with Gasteiger partial charge in [-0.15, -0.1) is 0 Å². The number of piperidine rings is 2. The molecule has 1 saturated carbocycles. The number of aromatic nitrogens is 1. The topological polar surface area (TPSA) is 48.5 Å². The first-order valence-corrected chi connectivity index (χ1v) is 11.3. The summed E-state index contributed by atoms with van der Waals surface area (Å²) >= 11 is 0. The maximum atomic E-state index is 12.5. The first kappa shape index (κ1) is 18.9. The van der Waals surface area contributed by atoms with E-state index in [1.54, 1.807) is 0 Å². The van der Waals surface area contributed by atoms with Gasteiger partial charge in [-0.05, 0) is 69.7 Å². The Hall–Kier alpha value is -2.14. The molecule has 3 fully saturated rings. The molecule has 5 heteroatoms. The SMILES string of the molecule is Cc1cc(N2CCC(N3CCCC(C(=O)NC4CC4)C3)CC2)nc2ccccc12. The number of fused-ring (bicyclic) bond motifs is 1. The molecule has 2 saturated heterocycles. The van der Waals surface area contributed by atoms with Crippen LogP contribution in [0.5, 0.6) is 0 Å². The summed E-state index contributed by atoms with van der Waals surface area (Å²) in [5.41, 5.74) is 2.39. The van der Waals surface area contributed by atoms with Crippen molar-refractivity contribution >= 4 is 22.6 Å². The van der Waals surface area contributed by atoms with Gasteiger partial charge in [0.15, 0.2) is 0 Å². The lowest BCUT2D eigenvalue weighted by Crippen LogP contribution is -2.51. The van der Waals surface area contributed by atoms with Crippen LogP contribution < -0.4 is 10.2 Å². The monoisotopic (exact) mass is 392 g/mol. The summed E-state index contributed by atoms with van der Waals surface area (Å²) in [4.78, 5) is 22.5. The predicted octanol–water partition coefficient (Wildman–Crippen LogP) is 3.50. The van der Waals surface area contributed by atoms with Crippen molar-refractivity contribution in [3.63, 3.8) is 0 Å². The van der Waals surface area contributed by atoms with Gasteiger partial charge in [0.1, 0.15) is 5.82 Å². The van der Waals surface area contributed by atoms with Crippen LogP contribution >= 0.6 is 0 Å². The highest BCUT2D eigenvalue weighted by Crippen LogP contribution is 2.28. The zero-order chi connectivity index (χ0) is 19.8. The zero-order valence-corrected chi connectivity index (χ0v) is 17.4. The van der Waals surface area contributed by atoms with E-state index in [4.69, 9.17) is 4.98 Å². The number of likely N-dealkylation sites (tertiary alicyclic amines) is 1. The molecule has 2 aromatic rings. The molecular formula is C24H32N4O. The summed E-state index contributed by atoms with van der Waals surface area (Å²) < 4.78 is 0. The number of carbonyl (C=O) groups excluding carboxylic acids is 1. The van der Waals surface area contributed by atoms with Crippen LogP contribution in [-0.4, -0.2) is 54.1 Å². The molecule has 5 nitrogen and oxygen atoms in total. The maximum Gasteiger partial charge on any atom is 0.224 e. The molecule has 154 valence electrons. The Bertz CT molecular complexity index is 886. The number of hydrogen-bond acceptors (Lipinski definition) is 4. The van der Waals surface area contributed by atoms with Crippen LogP contribution in [0.3, 0.4) is 0 Å². The van der Waals surface area contributed by atoms with Crippen LogP contribution in [0.15, 0.2) is 30.3 Å². The quantitative estimate of drug-likeness (QED) is 0.865. The smallest absolute Gasteiger partial charge is 0.224 e. The Morgan fingerprint density at radius 2 is 1.86 bits per heavy atom. The highest BCUT2D eigenvalue weighted by molar-refractivity contribution is 5.83. The Morgan fingerprint density at radius 3 is 2.66 bits per heavy atom. The van der Waals surface area contributed by atoms with E-state index in [0.29, 0.717) is 18.0 Å². The van der Waals surface area contributed by atoms with E-state index < -0.39 is 0 Å². The van der Waals surface area contributed by atoms with E-state index in [9.17, 15) is 4.79 Å². The molecule has 0 bridgehead atoms. The van der Waals surface area contributed by atoms with E-state index in [2.05, 4.69) is 52.4 Å². The molecular weight excluding hydrogens is 360 g/mol. The van der Waals surface area contributed by atoms with Gasteiger partial charge in [0, 0.05) is 37.1 Å². The second kappa shape index (κ2) is 7.94. The molecule has 2 aliphatic heterocycles. The Kier molecular flexibility index (Phi) is 5.17. The van der Waals surface area contributed by atoms with Crippen LogP contribution in [0.25, 0.3) is 10.9 Å². The van der Waals surface area contributed by atoms with Crippen molar-refractivity contribution in [1.82, 2.24) is 15.2 Å². The summed E-state index contributed by atoms with van der Waals surface area (Å²) in [5, 5.41) is 4.46. The van der Waals surface area contributed by atoms with Crippen molar-refractivity contribution in [2.75, 3.05) is 31.1 Å². The molecule has 3 aliphatic rings. The van der Waals surface area contributed by atoms with Crippen molar-refractivity contribution in [3.05, 3.63) is 35.9 Å². The third-order valence-corrected chi connectivity index (χ3v) is 6.96. The lowest BCUT2D eigenvalue weighted by atomic mass is 9.93. The molecule has 1 aromatic carbocycles. The third kappa shape index (κ3) is 4.11. The van der Waals surface area contributed by atoms with Crippen LogP contribution in [0.4, 0.5) is 5.82 Å². The first-order chi connectivity index (χ1) is 14.2. The van der Waals surface area contributed by atoms with Gasteiger partial charge >= 0.3 is 0 Å². The van der Waals surface area contributed by atoms with Gasteiger partial charge in [-0.25, -0.2) is 4.98 Å². The fourth-order valence-corrected chi connectivity index (χ4v) is 5.05. The molecule has 1 atom stereocenters. The van der Waals surface area contributed by atoms with Gasteiger partial charge in [0.25, 0.3) is 0 Å². The maximum absolute atomic E-state index is 12.5. The average Bonchev–Trinajstić information content (AvgIpc) is 3.58. The van der Waals surface area contributed by atoms with Crippen LogP contribution in [-0.2, 0) is 4.79 Å². The standard InChI is InChI=1S/C24H32N4O/c1-17-15-23(26-22-7-3-2-6-21(17)22)27-13-10-20(11-14-27)28-12-4-5-18(16-28)24(29)25-19-8-9-19/h2-3,6-7,15,18-20H,4-5,8-14,16H2,1H3,(H,25,29). The van der Waals surface area contributed by atoms with Gasteiger partial charge in [0.05, 0.1) is 11.4 Å². The molecule has 1 aromatic heterocycles. The number of pyridine rings is 1. The molecule has 0 spiro atoms. The molecule has 0 radical (unpaired) electrons. The fourth-order valence-electron chi connectivity index (χ4n) is 5.05. The number of rotatable bonds is 4. The van der Waals surface area contributed by atoms with Gasteiger partial charge in [-0.3, -0.25) is 9.69 Å². The molecule has 1 aliphatic carbocycles. The molecule has 1 amide bonds. The summed E-state index contributed by atoms with van der Waals surface area (Å²) in [5.74, 6) is 1.60. The number of aryl methyl sites for hydroxylation is 1. The molecule has 5 rings (SSSR count). The molecule has 29 heavy (non-hydrogen) atoms. The van der Waals surface area contributed by atoms with Crippen LogP contribution in [0.1, 0.15) is 44.1 Å². The number of carbonyl (C=O) groups is 1. The minimum Gasteiger partial charge on any atom is -0.356 e. The predicted molar refractivity (Wildman–Crippen MR) is 117 cm³/mol. The largest absolute Gasteiger partial charge is 0.356 e. The van der Waals surface area contributed by atoms with Gasteiger partial charge in [0.2, 0.25) is 5.91 Å². The highest BCUT2D eigenvalue weighted by Gasteiger charge is 2.34. The minimum atomic E-state index is 0.187. The number of hydrogen-bond donors (Lipinski definition) is 1. The van der Waals surface area contributed by atoms with E-state index in [1.165, 1.54) is 23.8 Å². The Balaban J connectivity index is 1.20. The number of nitrogens with zero attached hydrogens (tertiary/aromatic N) is 3. The number of anilines is 1. The third-order valence-electron chi connectivity index (χ3n) is 6.96. The minimum absolute atomic E-state index is 0.187. The second-order valence-electron chi connectivity index (χ2n) is 9.15. The summed E-state index contributed by atoms with van der Waals surface area (Å²) in [6.07, 6.45) is 6.85. The van der Waals surface area contributed by atoms with Crippen molar-refractivity contribution < 1.29 is 4.79 Å². The van der Waals surface area contributed by atoms with Crippen LogP contribution in [0, 0.1) is 12.8 Å². The Morgan fingerprint density at radius 1 is 1.07 bits per heavy atom. The van der Waals surface area contributed by atoms with Gasteiger partial charge < -0.3 is 10.2 Å². The first-order valence-electron chi connectivity index (χ1n) is 11.3. The lowest BCUT2D eigenvalue weighted by Gasteiger charge is -2.42. The van der Waals surface area contributed by atoms with E-state index in [0.717, 1.165) is 63.2 Å². The molecule has 3 heterocycles. The summed E-state index contributed by atoms with van der Waals surface area (Å²) in [7, 11) is 0. The zero-order valence-electron chi connectivity index (χ0n) is 17.4. The van der Waals surface area contributed by atoms with Gasteiger partial charge in [-0.2, -0.15) is 0 Å². The average molecular weight is 393 g/mol. The summed E-state index contributed by atoms with van der Waals surface area (Å²) in [6.45, 7) is 6.36. The number of benzene rings is 1. The van der Waals surface area contributed by atoms with Crippen molar-refractivity contribution in [2.24, 2.45) is 5.92 Å². The van der Waals surface area contributed by atoms with E-state index in [1.807, 2.05) is 0 Å².